The number of anilines is 2. The molecule has 0 saturated carbocycles. The number of aliphatic hydroxyl groups is 2. The second kappa shape index (κ2) is 20.3. The molecule has 2 aromatic rings. The number of nitrogens with zero attached hydrogens (tertiary/aromatic N) is 6. The fourth-order valence-corrected chi connectivity index (χ4v) is 6.36. The van der Waals surface area contributed by atoms with E-state index in [0.717, 1.165) is 16.2 Å². The van der Waals surface area contributed by atoms with Gasteiger partial charge < -0.3 is 36.6 Å². The van der Waals surface area contributed by atoms with E-state index in [1.807, 2.05) is 6.92 Å². The summed E-state index contributed by atoms with van der Waals surface area (Å²) in [4.78, 5) is 54.6. The van der Waals surface area contributed by atoms with Crippen LogP contribution < -0.4 is 11.5 Å². The molecule has 0 unspecified atom stereocenters. The Morgan fingerprint density at radius 1 is 0.818 bits per heavy atom. The molecule has 0 aromatic carbocycles. The number of rotatable bonds is 17. The lowest BCUT2D eigenvalue weighted by Gasteiger charge is -2.24. The van der Waals surface area contributed by atoms with Crippen molar-refractivity contribution in [3.63, 3.8) is 0 Å². The number of hydrogen-bond acceptors (Lipinski definition) is 13. The molecule has 2 rings (SSSR count). The highest BCUT2D eigenvalue weighted by Crippen LogP contribution is 2.42. The van der Waals surface area contributed by atoms with E-state index in [2.05, 4.69) is 19.9 Å². The molecule has 7 N–H and O–H groups in total. The molecule has 2 aromatic heterocycles. The quantitative estimate of drug-likeness (QED) is 0.123. The topological polar surface area (TPSA) is 222 Å². The summed E-state index contributed by atoms with van der Waals surface area (Å²) in [5.74, 6) is 0.937. The molecule has 16 heteroatoms. The van der Waals surface area contributed by atoms with Gasteiger partial charge in [-0.25, -0.2) is 19.9 Å². The van der Waals surface area contributed by atoms with E-state index in [9.17, 15) is 24.6 Å². The maximum absolute atomic E-state index is 12.0. The third kappa shape index (κ3) is 12.9. The molecule has 44 heavy (non-hydrogen) atoms. The van der Waals surface area contributed by atoms with Crippen molar-refractivity contribution in [3.8, 4) is 0 Å². The Morgan fingerprint density at radius 2 is 1.20 bits per heavy atom. The first-order chi connectivity index (χ1) is 20.9. The monoisotopic (exact) mass is 650 g/mol. The maximum atomic E-state index is 12.0. The number of aryl methyl sites for hydroxylation is 2. The molecular weight excluding hydrogens is 608 g/mol. The molecule has 0 bridgehead atoms. The van der Waals surface area contributed by atoms with Crippen LogP contribution in [0.3, 0.4) is 0 Å². The zero-order valence-corrected chi connectivity index (χ0v) is 27.3. The van der Waals surface area contributed by atoms with E-state index in [1.165, 1.54) is 31.4 Å². The summed E-state index contributed by atoms with van der Waals surface area (Å²) in [7, 11) is 2.69. The Balaban J connectivity index is 0.00000146. The van der Waals surface area contributed by atoms with Crippen LogP contribution in [-0.2, 0) is 27.5 Å². The van der Waals surface area contributed by atoms with Gasteiger partial charge in [-0.05, 0) is 34.1 Å². The molecule has 0 aliphatic heterocycles. The normalized spacial score (nSPS) is 11.9. The first kappa shape index (κ1) is 38.3. The number of carbonyl (C=O) groups excluding carboxylic acids is 2. The molecule has 0 fully saturated rings. The Morgan fingerprint density at radius 3 is 1.45 bits per heavy atom. The Hall–Kier alpha value is -3.73. The van der Waals surface area contributed by atoms with Crippen molar-refractivity contribution in [2.45, 2.75) is 73.4 Å². The van der Waals surface area contributed by atoms with Gasteiger partial charge in [0.1, 0.15) is 23.3 Å². The number of aliphatic hydroxyl groups excluding tert-OH is 2. The average Bonchev–Trinajstić information content (AvgIpc) is 2.97. The summed E-state index contributed by atoms with van der Waals surface area (Å²) in [6.45, 7) is 8.92. The van der Waals surface area contributed by atoms with Gasteiger partial charge in [0, 0.05) is 77.2 Å². The van der Waals surface area contributed by atoms with Gasteiger partial charge >= 0.3 is 5.97 Å². The number of allylic oxidation sites excluding steroid dienone is 2. The zero-order chi connectivity index (χ0) is 33.2. The Bertz CT molecular complexity index is 1230. The van der Waals surface area contributed by atoms with Crippen molar-refractivity contribution in [3.05, 3.63) is 56.4 Å². The SMILES string of the molecule is C/C(=C(\CCO)SS/C(CCO)=C(/C)N(C=O)Cc1cnc(C)nc1N)N(C=O)Cc1cnc(C)nc1N.CCCC(=O)O. The first-order valence-electron chi connectivity index (χ1n) is 13.7. The van der Waals surface area contributed by atoms with Gasteiger partial charge in [0.15, 0.2) is 0 Å². The molecule has 0 aliphatic carbocycles. The molecule has 0 radical (unpaired) electrons. The van der Waals surface area contributed by atoms with Crippen molar-refractivity contribution in [2.24, 2.45) is 0 Å². The van der Waals surface area contributed by atoms with Crippen LogP contribution in [0.2, 0.25) is 0 Å². The van der Waals surface area contributed by atoms with Crippen LogP contribution >= 0.6 is 21.6 Å². The minimum Gasteiger partial charge on any atom is -0.481 e. The number of aliphatic carboxylic acids is 1. The Labute approximate surface area is 265 Å². The highest BCUT2D eigenvalue weighted by Gasteiger charge is 2.18. The second-order valence-corrected chi connectivity index (χ2v) is 11.7. The van der Waals surface area contributed by atoms with Crippen molar-refractivity contribution >= 4 is 52.0 Å². The molecule has 0 aliphatic rings. The minimum absolute atomic E-state index is 0.131. The zero-order valence-electron chi connectivity index (χ0n) is 25.7. The van der Waals surface area contributed by atoms with Gasteiger partial charge in [0.2, 0.25) is 12.8 Å². The van der Waals surface area contributed by atoms with Crippen LogP contribution in [0.15, 0.2) is 33.6 Å². The predicted octanol–water partition coefficient (Wildman–Crippen LogP) is 3.15. The lowest BCUT2D eigenvalue weighted by atomic mass is 10.2. The van der Waals surface area contributed by atoms with Crippen LogP contribution in [0.1, 0.15) is 69.2 Å². The van der Waals surface area contributed by atoms with Crippen LogP contribution in [0.25, 0.3) is 0 Å². The van der Waals surface area contributed by atoms with E-state index in [-0.39, 0.29) is 26.3 Å². The van der Waals surface area contributed by atoms with Crippen LogP contribution in [0.4, 0.5) is 11.6 Å². The van der Waals surface area contributed by atoms with Gasteiger partial charge in [-0.3, -0.25) is 14.4 Å². The number of carboxylic acid groups (broad SMARTS) is 1. The van der Waals surface area contributed by atoms with E-state index < -0.39 is 5.97 Å². The summed E-state index contributed by atoms with van der Waals surface area (Å²) in [6.07, 6.45) is 6.17. The number of hydrogen-bond donors (Lipinski definition) is 5. The van der Waals surface area contributed by atoms with Gasteiger partial charge in [-0.1, -0.05) is 28.5 Å². The lowest BCUT2D eigenvalue weighted by Crippen LogP contribution is -2.22. The van der Waals surface area contributed by atoms with Gasteiger partial charge in [0.05, 0.1) is 13.1 Å². The first-order valence-corrected chi connectivity index (χ1v) is 15.8. The van der Waals surface area contributed by atoms with Crippen molar-refractivity contribution in [2.75, 3.05) is 24.7 Å². The predicted molar refractivity (Wildman–Crippen MR) is 172 cm³/mol. The molecule has 242 valence electrons. The average molecular weight is 651 g/mol. The number of nitrogens with two attached hydrogens (primary N) is 2. The molecule has 0 spiro atoms. The molecule has 2 heterocycles. The molecule has 0 saturated heterocycles. The van der Waals surface area contributed by atoms with Gasteiger partial charge in [-0.15, -0.1) is 0 Å². The van der Waals surface area contributed by atoms with Crippen molar-refractivity contribution in [1.29, 1.82) is 0 Å². The van der Waals surface area contributed by atoms with Crippen LogP contribution in [0.5, 0.6) is 0 Å². The van der Waals surface area contributed by atoms with E-state index in [0.29, 0.717) is 77.9 Å². The largest absolute Gasteiger partial charge is 0.481 e. The van der Waals surface area contributed by atoms with Crippen molar-refractivity contribution < 1.29 is 29.7 Å². The Kier molecular flexibility index (Phi) is 17.6. The summed E-state index contributed by atoms with van der Waals surface area (Å²) in [6, 6.07) is 0. The number of amides is 2. The molecular formula is C28H42N8O6S2. The molecule has 0 atom stereocenters. The second-order valence-electron chi connectivity index (χ2n) is 9.40. The van der Waals surface area contributed by atoms with Crippen molar-refractivity contribution in [1.82, 2.24) is 29.7 Å². The van der Waals surface area contributed by atoms with E-state index in [4.69, 9.17) is 16.6 Å². The fraction of sp³-hybridized carbons (Fsp3) is 0.464. The number of carboxylic acids is 1. The third-order valence-electron chi connectivity index (χ3n) is 6.03. The summed E-state index contributed by atoms with van der Waals surface area (Å²) < 4.78 is 0. The fourth-order valence-electron chi connectivity index (χ4n) is 3.51. The standard InChI is InChI=1S/C24H34N8O4S2.C4H8O2/c1-15(31(13-35)11-19-9-27-17(3)29-23(19)25)21(5-7-33)37-38-22(6-8-34)16(2)32(14-36)12-20-10-28-18(4)30-24(20)26;1-2-3-4(5)6/h9-10,13-14,33-34H,5-8,11-12H2,1-4H3,(H2,25,27,29)(H2,26,28,30);2-3H2,1H3,(H,5,6)/b21-15-,22-16-;. The highest BCUT2D eigenvalue weighted by atomic mass is 33.1. The van der Waals surface area contributed by atoms with Gasteiger partial charge in [0.25, 0.3) is 0 Å². The van der Waals surface area contributed by atoms with Crippen LogP contribution in [-0.4, -0.2) is 77.1 Å². The van der Waals surface area contributed by atoms with Crippen LogP contribution in [0, 0.1) is 13.8 Å². The summed E-state index contributed by atoms with van der Waals surface area (Å²) in [5.41, 5.74) is 14.5. The number of nitrogen functional groups attached to an aromatic ring is 2. The molecule has 14 nitrogen and oxygen atoms in total. The lowest BCUT2D eigenvalue weighted by molar-refractivity contribution is -0.137. The van der Waals surface area contributed by atoms with E-state index in [1.54, 1.807) is 40.1 Å². The summed E-state index contributed by atoms with van der Waals surface area (Å²) in [5, 5.41) is 27.3. The third-order valence-corrected chi connectivity index (χ3v) is 8.97. The molecule has 2 amide bonds. The van der Waals surface area contributed by atoms with E-state index >= 15 is 0 Å². The number of carbonyl (C=O) groups is 3. The smallest absolute Gasteiger partial charge is 0.303 e. The summed E-state index contributed by atoms with van der Waals surface area (Å²) >= 11 is 0. The maximum Gasteiger partial charge on any atom is 0.303 e. The minimum atomic E-state index is -0.711. The number of aromatic nitrogens is 4. The van der Waals surface area contributed by atoms with Gasteiger partial charge in [-0.2, -0.15) is 0 Å². The highest BCUT2D eigenvalue weighted by molar-refractivity contribution is 8.79.